The van der Waals surface area contributed by atoms with Crippen molar-refractivity contribution in [2.45, 2.75) is 6.42 Å². The van der Waals surface area contributed by atoms with Gasteiger partial charge in [0.2, 0.25) is 0 Å². The van der Waals surface area contributed by atoms with Crippen LogP contribution in [-0.2, 0) is 0 Å². The van der Waals surface area contributed by atoms with E-state index < -0.39 is 4.92 Å². The average molecular weight is 215 g/mol. The molecule has 14 heavy (non-hydrogen) atoms. The van der Waals surface area contributed by atoms with Crippen molar-refractivity contribution in [3.63, 3.8) is 0 Å². The van der Waals surface area contributed by atoms with Crippen molar-refractivity contribution >= 4 is 12.6 Å². The summed E-state index contributed by atoms with van der Waals surface area (Å²) in [4.78, 5) is 9.67. The molecule has 6 heteroatoms. The van der Waals surface area contributed by atoms with E-state index in [1.807, 2.05) is 0 Å². The highest BCUT2D eigenvalue weighted by atomic mass is 32.1. The summed E-state index contributed by atoms with van der Waals surface area (Å²) in [6.07, 6.45) is 6.44. The molecule has 0 saturated heterocycles. The second-order valence-corrected chi connectivity index (χ2v) is 2.81. The predicted molar refractivity (Wildman–Crippen MR) is 58.4 cm³/mol. The number of hydrogen-bond acceptors (Lipinski definition) is 5. The summed E-state index contributed by atoms with van der Waals surface area (Å²) in [5.74, 6) is 3.39. The Morgan fingerprint density at radius 2 is 2.21 bits per heavy atom. The molecule has 0 aliphatic carbocycles. The first-order chi connectivity index (χ1) is 6.70. The van der Waals surface area contributed by atoms with Crippen LogP contribution in [0.25, 0.3) is 0 Å². The molecule has 0 unspecified atom stereocenters. The highest BCUT2D eigenvalue weighted by molar-refractivity contribution is 7.80. The molecule has 0 heterocycles. The molecule has 0 spiro atoms. The molecule has 78 valence electrons. The van der Waals surface area contributed by atoms with Crippen molar-refractivity contribution in [1.82, 2.24) is 10.6 Å². The summed E-state index contributed by atoms with van der Waals surface area (Å²) in [6, 6.07) is 0. The van der Waals surface area contributed by atoms with Crippen LogP contribution in [0.15, 0.2) is 12.0 Å². The van der Waals surface area contributed by atoms with E-state index in [2.05, 4.69) is 29.2 Å². The molecule has 0 rings (SSSR count). The quantitative estimate of drug-likeness (QED) is 0.186. The van der Waals surface area contributed by atoms with Crippen molar-refractivity contribution < 1.29 is 4.92 Å². The van der Waals surface area contributed by atoms with Gasteiger partial charge in [-0.25, -0.2) is 0 Å². The lowest BCUT2D eigenvalue weighted by atomic mass is 10.4. The largest absolute Gasteiger partial charge is 0.366 e. The zero-order valence-corrected chi connectivity index (χ0v) is 8.59. The molecule has 0 amide bonds. The Labute approximate surface area is 88.5 Å². The van der Waals surface area contributed by atoms with Gasteiger partial charge in [-0.3, -0.25) is 10.1 Å². The maximum absolute atomic E-state index is 10.2. The van der Waals surface area contributed by atoms with E-state index in [4.69, 9.17) is 6.42 Å². The summed E-state index contributed by atoms with van der Waals surface area (Å²) in [6.45, 7) is 1.07. The van der Waals surface area contributed by atoms with E-state index in [0.717, 1.165) is 6.20 Å². The summed E-state index contributed by atoms with van der Waals surface area (Å²) in [5.41, 5.74) is 0. The van der Waals surface area contributed by atoms with E-state index in [1.54, 1.807) is 0 Å². The third-order valence-electron chi connectivity index (χ3n) is 1.25. The Morgan fingerprint density at radius 1 is 1.57 bits per heavy atom. The monoisotopic (exact) mass is 215 g/mol. The minimum Gasteiger partial charge on any atom is -0.366 e. The third kappa shape index (κ3) is 7.31. The van der Waals surface area contributed by atoms with E-state index in [1.165, 1.54) is 0 Å². The highest BCUT2D eigenvalue weighted by Crippen LogP contribution is 1.86. The minimum atomic E-state index is -0.524. The van der Waals surface area contributed by atoms with Crippen molar-refractivity contribution in [3.8, 4) is 12.3 Å². The molecule has 0 aromatic rings. The third-order valence-corrected chi connectivity index (χ3v) is 1.47. The maximum atomic E-state index is 10.2. The molecular weight excluding hydrogens is 202 g/mol. The smallest absolute Gasteiger partial charge is 0.274 e. The van der Waals surface area contributed by atoms with Crippen LogP contribution in [0.5, 0.6) is 0 Å². The van der Waals surface area contributed by atoms with Crippen LogP contribution >= 0.6 is 12.6 Å². The molecule has 0 saturated carbocycles. The molecular formula is C8H13N3O2S. The first kappa shape index (κ1) is 12.7. The maximum Gasteiger partial charge on any atom is 0.274 e. The Hall–Kier alpha value is -1.35. The zero-order chi connectivity index (χ0) is 10.8. The summed E-state index contributed by atoms with van der Waals surface area (Å²) in [7, 11) is 0. The van der Waals surface area contributed by atoms with Crippen molar-refractivity contribution in [2.24, 2.45) is 0 Å². The van der Waals surface area contributed by atoms with E-state index in [0.29, 0.717) is 31.1 Å². The molecule has 0 fully saturated rings. The lowest BCUT2D eigenvalue weighted by Gasteiger charge is -2.08. The van der Waals surface area contributed by atoms with Crippen molar-refractivity contribution in [3.05, 3.63) is 22.1 Å². The Kier molecular flexibility index (Phi) is 7.46. The first-order valence-electron chi connectivity index (χ1n) is 4.08. The second-order valence-electron chi connectivity index (χ2n) is 2.36. The molecule has 5 nitrogen and oxygen atoms in total. The highest BCUT2D eigenvalue weighted by Gasteiger charge is 1.99. The van der Waals surface area contributed by atoms with Crippen LogP contribution in [-0.4, -0.2) is 23.8 Å². The van der Waals surface area contributed by atoms with Gasteiger partial charge in [-0.05, 0) is 0 Å². The Morgan fingerprint density at radius 3 is 2.71 bits per heavy atom. The standard InChI is InChI=1S/C8H13N3O2S/c1-2-3-4-9-8(7-11(12)13)10-5-6-14/h1,7,9-10,14H,3-6H2/b8-7-. The fourth-order valence-electron chi connectivity index (χ4n) is 0.719. The van der Waals surface area contributed by atoms with Crippen LogP contribution < -0.4 is 10.6 Å². The second kappa shape index (κ2) is 8.26. The lowest BCUT2D eigenvalue weighted by Crippen LogP contribution is -2.29. The summed E-state index contributed by atoms with van der Waals surface area (Å²) >= 11 is 3.98. The summed E-state index contributed by atoms with van der Waals surface area (Å²) < 4.78 is 0. The summed E-state index contributed by atoms with van der Waals surface area (Å²) in [5, 5.41) is 15.8. The van der Waals surface area contributed by atoms with E-state index in [9.17, 15) is 10.1 Å². The normalized spacial score (nSPS) is 10.4. The Bertz CT molecular complexity index is 247. The van der Waals surface area contributed by atoms with Gasteiger partial charge in [-0.15, -0.1) is 12.3 Å². The predicted octanol–water partition coefficient (Wildman–Crippen LogP) is 0.194. The molecule has 0 radical (unpaired) electrons. The van der Waals surface area contributed by atoms with E-state index in [-0.39, 0.29) is 0 Å². The van der Waals surface area contributed by atoms with Crippen LogP contribution in [0.1, 0.15) is 6.42 Å². The van der Waals surface area contributed by atoms with Crippen LogP contribution in [0.4, 0.5) is 0 Å². The van der Waals surface area contributed by atoms with Gasteiger partial charge < -0.3 is 10.6 Å². The number of nitro groups is 1. The topological polar surface area (TPSA) is 67.2 Å². The minimum absolute atomic E-state index is 0.360. The number of nitrogens with one attached hydrogen (secondary N) is 2. The van der Waals surface area contributed by atoms with Gasteiger partial charge in [0.05, 0.1) is 4.92 Å². The van der Waals surface area contributed by atoms with Gasteiger partial charge in [-0.1, -0.05) is 0 Å². The number of terminal acetylenes is 1. The fraction of sp³-hybridized carbons (Fsp3) is 0.500. The molecule has 0 aliphatic heterocycles. The van der Waals surface area contributed by atoms with Gasteiger partial charge in [0.1, 0.15) is 0 Å². The van der Waals surface area contributed by atoms with Crippen molar-refractivity contribution in [2.75, 3.05) is 18.8 Å². The number of rotatable bonds is 7. The van der Waals surface area contributed by atoms with E-state index >= 15 is 0 Å². The van der Waals surface area contributed by atoms with Gasteiger partial charge in [-0.2, -0.15) is 12.6 Å². The zero-order valence-electron chi connectivity index (χ0n) is 7.69. The van der Waals surface area contributed by atoms with Crippen molar-refractivity contribution in [1.29, 1.82) is 0 Å². The van der Waals surface area contributed by atoms with Gasteiger partial charge in [0.25, 0.3) is 6.20 Å². The number of thiol groups is 1. The lowest BCUT2D eigenvalue weighted by molar-refractivity contribution is -0.404. The average Bonchev–Trinajstić information content (AvgIpc) is 2.13. The van der Waals surface area contributed by atoms with Crippen LogP contribution in [0.2, 0.25) is 0 Å². The van der Waals surface area contributed by atoms with Gasteiger partial charge in [0.15, 0.2) is 5.82 Å². The van der Waals surface area contributed by atoms with Gasteiger partial charge in [0, 0.05) is 25.3 Å². The molecule has 2 N–H and O–H groups in total. The van der Waals surface area contributed by atoms with Crippen LogP contribution in [0, 0.1) is 22.5 Å². The molecule has 0 bridgehead atoms. The molecule has 0 atom stereocenters. The Balaban J connectivity index is 3.98. The number of nitrogens with zero attached hydrogens (tertiary/aromatic N) is 1. The van der Waals surface area contributed by atoms with Crippen LogP contribution in [0.3, 0.4) is 0 Å². The molecule has 0 aromatic heterocycles. The molecule has 0 aromatic carbocycles. The fourth-order valence-corrected chi connectivity index (χ4v) is 0.831. The van der Waals surface area contributed by atoms with Gasteiger partial charge >= 0.3 is 0 Å². The first-order valence-corrected chi connectivity index (χ1v) is 4.71. The molecule has 0 aliphatic rings. The SMILES string of the molecule is C#CCCN/C(=C/[N+](=O)[O-])NCCS. The number of hydrogen-bond donors (Lipinski definition) is 3.